The maximum Gasteiger partial charge on any atom is 0.139 e. The van der Waals surface area contributed by atoms with E-state index in [9.17, 15) is 25.5 Å². The molecule has 0 aromatic heterocycles. The number of aryl methyl sites for hydroxylation is 1. The third-order valence-corrected chi connectivity index (χ3v) is 3.39. The fourth-order valence-corrected chi connectivity index (χ4v) is 2.02. The summed E-state index contributed by atoms with van der Waals surface area (Å²) in [6.07, 6.45) is -3.74. The van der Waals surface area contributed by atoms with Crippen molar-refractivity contribution in [3.05, 3.63) is 41.2 Å². The number of hydrogen-bond acceptors (Lipinski definition) is 6. The van der Waals surface area contributed by atoms with Crippen LogP contribution in [-0.2, 0) is 6.42 Å². The first-order chi connectivity index (χ1) is 10.4. The van der Waals surface area contributed by atoms with Crippen molar-refractivity contribution in [2.24, 2.45) is 0 Å². The minimum Gasteiger partial charge on any atom is -0.509 e. The van der Waals surface area contributed by atoms with Crippen LogP contribution < -0.4 is 0 Å². The van der Waals surface area contributed by atoms with Crippen LogP contribution in [0.15, 0.2) is 30.0 Å². The van der Waals surface area contributed by atoms with Crippen molar-refractivity contribution in [2.45, 2.75) is 44.2 Å². The molecule has 0 spiro atoms. The molecule has 0 amide bonds. The second-order valence-corrected chi connectivity index (χ2v) is 5.24. The zero-order valence-corrected chi connectivity index (χ0v) is 12.5. The first-order valence-electron chi connectivity index (χ1n) is 7.23. The summed E-state index contributed by atoms with van der Waals surface area (Å²) in [6.45, 7) is 1.30. The van der Waals surface area contributed by atoms with Crippen LogP contribution in [0.5, 0.6) is 0 Å². The van der Waals surface area contributed by atoms with Gasteiger partial charge in [0.2, 0.25) is 0 Å². The third kappa shape index (κ3) is 5.08. The normalized spacial score (nSPS) is 17.8. The lowest BCUT2D eigenvalue weighted by molar-refractivity contribution is -0.112. The molecule has 22 heavy (non-hydrogen) atoms. The van der Waals surface area contributed by atoms with Gasteiger partial charge in [0.1, 0.15) is 30.2 Å². The van der Waals surface area contributed by atoms with Crippen LogP contribution in [0, 0.1) is 0 Å². The number of hydrogen-bond donors (Lipinski definition) is 6. The Balaban J connectivity index is 2.78. The Morgan fingerprint density at radius 1 is 1.05 bits per heavy atom. The van der Waals surface area contributed by atoms with Gasteiger partial charge in [-0.25, -0.2) is 0 Å². The molecule has 6 heteroatoms. The first-order valence-corrected chi connectivity index (χ1v) is 7.23. The van der Waals surface area contributed by atoms with E-state index in [0.29, 0.717) is 5.56 Å². The minimum absolute atomic E-state index is 0.542. The summed E-state index contributed by atoms with van der Waals surface area (Å²) >= 11 is 0. The average Bonchev–Trinajstić information content (AvgIpc) is 2.53. The maximum atomic E-state index is 9.81. The molecule has 0 heterocycles. The Hall–Kier alpha value is -1.44. The number of benzene rings is 1. The predicted octanol–water partition coefficient (Wildman–Crippen LogP) is -0.0261. The van der Waals surface area contributed by atoms with E-state index >= 15 is 0 Å². The second-order valence-electron chi connectivity index (χ2n) is 5.24. The van der Waals surface area contributed by atoms with Gasteiger partial charge >= 0.3 is 0 Å². The predicted molar refractivity (Wildman–Crippen MR) is 82.2 cm³/mol. The highest BCUT2D eigenvalue weighted by atomic mass is 16.4. The average molecular weight is 312 g/mol. The Kier molecular flexibility index (Phi) is 7.50. The van der Waals surface area contributed by atoms with Crippen LogP contribution in [0.25, 0.3) is 6.08 Å². The van der Waals surface area contributed by atoms with Crippen molar-refractivity contribution >= 4 is 6.08 Å². The third-order valence-electron chi connectivity index (χ3n) is 3.39. The van der Waals surface area contributed by atoms with Crippen LogP contribution in [0.2, 0.25) is 0 Å². The monoisotopic (exact) mass is 312 g/mol. The Morgan fingerprint density at radius 3 is 2.14 bits per heavy atom. The van der Waals surface area contributed by atoms with E-state index in [4.69, 9.17) is 5.11 Å². The highest BCUT2D eigenvalue weighted by Crippen LogP contribution is 2.15. The molecule has 0 aliphatic heterocycles. The van der Waals surface area contributed by atoms with Gasteiger partial charge in [-0.2, -0.15) is 0 Å². The molecule has 6 nitrogen and oxygen atoms in total. The van der Waals surface area contributed by atoms with E-state index in [0.717, 1.165) is 18.4 Å². The second kappa shape index (κ2) is 8.87. The van der Waals surface area contributed by atoms with Crippen molar-refractivity contribution in [1.82, 2.24) is 0 Å². The first kappa shape index (κ1) is 18.6. The van der Waals surface area contributed by atoms with Gasteiger partial charge in [0.25, 0.3) is 0 Å². The van der Waals surface area contributed by atoms with Crippen LogP contribution >= 0.6 is 0 Å². The lowest BCUT2D eigenvalue weighted by Gasteiger charge is -2.25. The summed E-state index contributed by atoms with van der Waals surface area (Å²) in [5.74, 6) is -0.542. The molecule has 0 saturated carbocycles. The quantitative estimate of drug-likeness (QED) is 0.375. The molecule has 0 aliphatic carbocycles. The molecule has 0 fully saturated rings. The summed E-state index contributed by atoms with van der Waals surface area (Å²) in [5, 5.41) is 56.7. The molecule has 4 atom stereocenters. The maximum absolute atomic E-state index is 9.81. The summed E-state index contributed by atoms with van der Waals surface area (Å²) < 4.78 is 0. The van der Waals surface area contributed by atoms with Crippen molar-refractivity contribution < 1.29 is 30.6 Å². The standard InChI is InChI=1S/C16H24O6/c1-2-3-10-4-6-11(7-5-10)8-12(18)14(20)16(22)15(21)13(19)9-17/h4-8,13-22H,2-3,9H2,1H3/t13-,14+,15-,16-/m1/s1. The van der Waals surface area contributed by atoms with Crippen molar-refractivity contribution in [3.63, 3.8) is 0 Å². The molecule has 1 aromatic carbocycles. The summed E-state index contributed by atoms with van der Waals surface area (Å²) in [7, 11) is 0. The SMILES string of the molecule is CCCc1ccc(C=C(O)[C@H](O)[C@@H](O)[C@H](O)[C@H](O)CO)cc1. The van der Waals surface area contributed by atoms with Crippen molar-refractivity contribution in [1.29, 1.82) is 0 Å². The van der Waals surface area contributed by atoms with Crippen LogP contribution in [-0.4, -0.2) is 61.7 Å². The van der Waals surface area contributed by atoms with Gasteiger partial charge in [0.05, 0.1) is 6.61 Å². The molecule has 1 rings (SSSR count). The topological polar surface area (TPSA) is 121 Å². The molecular formula is C16H24O6. The summed E-state index contributed by atoms with van der Waals surface area (Å²) in [4.78, 5) is 0. The fraction of sp³-hybridized carbons (Fsp3) is 0.500. The Labute approximate surface area is 129 Å². The molecule has 0 radical (unpaired) electrons. The lowest BCUT2D eigenvalue weighted by atomic mass is 10.0. The molecule has 0 unspecified atom stereocenters. The lowest BCUT2D eigenvalue weighted by Crippen LogP contribution is -2.46. The Morgan fingerprint density at radius 2 is 1.64 bits per heavy atom. The van der Waals surface area contributed by atoms with Crippen LogP contribution in [0.3, 0.4) is 0 Å². The highest BCUT2D eigenvalue weighted by molar-refractivity contribution is 5.52. The van der Waals surface area contributed by atoms with E-state index in [-0.39, 0.29) is 0 Å². The molecule has 0 aliphatic rings. The largest absolute Gasteiger partial charge is 0.509 e. The van der Waals surface area contributed by atoms with Gasteiger partial charge in [-0.1, -0.05) is 37.6 Å². The van der Waals surface area contributed by atoms with E-state index in [1.165, 1.54) is 6.08 Å². The zero-order valence-electron chi connectivity index (χ0n) is 12.5. The summed E-state index contributed by atoms with van der Waals surface area (Å²) in [6, 6.07) is 7.32. The van der Waals surface area contributed by atoms with E-state index in [1.807, 2.05) is 12.1 Å². The van der Waals surface area contributed by atoms with Crippen molar-refractivity contribution in [2.75, 3.05) is 6.61 Å². The smallest absolute Gasteiger partial charge is 0.139 e. The van der Waals surface area contributed by atoms with Crippen LogP contribution in [0.1, 0.15) is 24.5 Å². The van der Waals surface area contributed by atoms with Gasteiger partial charge in [0.15, 0.2) is 0 Å². The fourth-order valence-electron chi connectivity index (χ4n) is 2.02. The molecule has 0 bridgehead atoms. The van der Waals surface area contributed by atoms with E-state index in [1.54, 1.807) is 12.1 Å². The molecule has 0 saturated heterocycles. The summed E-state index contributed by atoms with van der Waals surface area (Å²) in [5.41, 5.74) is 1.78. The van der Waals surface area contributed by atoms with Gasteiger partial charge in [0, 0.05) is 0 Å². The molecule has 6 N–H and O–H groups in total. The van der Waals surface area contributed by atoms with Gasteiger partial charge in [-0.3, -0.25) is 0 Å². The van der Waals surface area contributed by atoms with E-state index in [2.05, 4.69) is 6.92 Å². The highest BCUT2D eigenvalue weighted by Gasteiger charge is 2.32. The Bertz CT molecular complexity index is 470. The molecule has 124 valence electrons. The van der Waals surface area contributed by atoms with Gasteiger partial charge in [-0.15, -0.1) is 0 Å². The minimum atomic E-state index is -1.82. The zero-order chi connectivity index (χ0) is 16.7. The number of rotatable bonds is 8. The van der Waals surface area contributed by atoms with E-state index < -0.39 is 36.8 Å². The molecular weight excluding hydrogens is 288 g/mol. The van der Waals surface area contributed by atoms with Crippen molar-refractivity contribution in [3.8, 4) is 0 Å². The van der Waals surface area contributed by atoms with Gasteiger partial charge in [-0.05, 0) is 23.6 Å². The number of aliphatic hydroxyl groups excluding tert-OH is 6. The number of aliphatic hydroxyl groups is 6. The molecule has 1 aromatic rings. The van der Waals surface area contributed by atoms with Gasteiger partial charge < -0.3 is 30.6 Å². The van der Waals surface area contributed by atoms with Crippen LogP contribution in [0.4, 0.5) is 0 Å².